The SMILES string of the molecule is Cc1cc(C)c(-c2ccc3sc4ccc(-c5cccc(-c6ccc7c(c6)c6ccccc6c6nccnc76)c5)cc4c3c2)c(C)c1.c1cc(-c2ccc3sc4ccc(-c5ccc6c(c5)C5(c7ccccc7-c7ccccc75)c5ccccc5-6)cc4c3c2)cc(-c2ccc3c(c2)c2ccccc2c2nccnc32)c1. The molecule has 0 amide bonds. The van der Waals surface area contributed by atoms with Crippen molar-refractivity contribution in [3.63, 3.8) is 0 Å². The van der Waals surface area contributed by atoms with Crippen molar-refractivity contribution in [2.45, 2.75) is 26.2 Å². The van der Waals surface area contributed by atoms with Gasteiger partial charge in [0, 0.05) is 86.7 Å². The van der Waals surface area contributed by atoms with E-state index >= 15 is 0 Å². The molecule has 108 heavy (non-hydrogen) atoms. The summed E-state index contributed by atoms with van der Waals surface area (Å²) in [4.78, 5) is 18.9. The van der Waals surface area contributed by atoms with Gasteiger partial charge in [-0.1, -0.05) is 236 Å². The molecule has 4 heterocycles. The zero-order chi connectivity index (χ0) is 71.5. The normalized spacial score (nSPS) is 12.7. The molecule has 0 aliphatic heterocycles. The third-order valence-electron chi connectivity index (χ3n) is 23.2. The Bertz CT molecular complexity index is 7280. The Morgan fingerprint density at radius 3 is 0.917 bits per heavy atom. The number of aryl methyl sites for hydroxylation is 3. The summed E-state index contributed by atoms with van der Waals surface area (Å²) < 4.78 is 5.25. The predicted octanol–water partition coefficient (Wildman–Crippen LogP) is 27.9. The highest BCUT2D eigenvalue weighted by Gasteiger charge is 2.51. The van der Waals surface area contributed by atoms with Gasteiger partial charge in [-0.25, -0.2) is 0 Å². The van der Waals surface area contributed by atoms with Crippen LogP contribution in [0.5, 0.6) is 0 Å². The molecular weight excluding hydrogens is 1350 g/mol. The largest absolute Gasteiger partial charge is 0.252 e. The van der Waals surface area contributed by atoms with Crippen LogP contribution in [0.3, 0.4) is 0 Å². The number of fused-ring (bicyclic) bond motifs is 28. The van der Waals surface area contributed by atoms with Crippen LogP contribution < -0.4 is 0 Å². The monoisotopic (exact) mass is 1410 g/mol. The molecule has 0 saturated carbocycles. The molecule has 0 fully saturated rings. The van der Waals surface area contributed by atoms with Crippen molar-refractivity contribution in [3.8, 4) is 89.0 Å². The van der Waals surface area contributed by atoms with Gasteiger partial charge in [-0.15, -0.1) is 22.7 Å². The van der Waals surface area contributed by atoms with Gasteiger partial charge in [-0.05, 0) is 244 Å². The number of thiophene rings is 2. The Labute approximate surface area is 631 Å². The van der Waals surface area contributed by atoms with Crippen molar-refractivity contribution in [1.29, 1.82) is 0 Å². The van der Waals surface area contributed by atoms with Crippen LogP contribution in [0.4, 0.5) is 0 Å². The van der Waals surface area contributed by atoms with Gasteiger partial charge >= 0.3 is 0 Å². The minimum absolute atomic E-state index is 0.360. The molecule has 2 aliphatic carbocycles. The molecule has 0 radical (unpaired) electrons. The van der Waals surface area contributed by atoms with E-state index in [1.807, 2.05) is 22.7 Å². The second kappa shape index (κ2) is 24.2. The first-order chi connectivity index (χ1) is 53.2. The number of rotatable bonds is 6. The molecular formula is C102H64N4S2. The smallest absolute Gasteiger partial charge is 0.0971 e. The summed E-state index contributed by atoms with van der Waals surface area (Å²) >= 11 is 3.75. The fourth-order valence-corrected chi connectivity index (χ4v) is 20.7. The molecule has 6 heteroatoms. The average Bonchev–Trinajstić information content (AvgIpc) is 1.50. The predicted molar refractivity (Wildman–Crippen MR) is 458 cm³/mol. The molecule has 0 N–H and O–H groups in total. The van der Waals surface area contributed by atoms with Crippen LogP contribution >= 0.6 is 22.7 Å². The Balaban J connectivity index is 0.000000140. The average molecular weight is 1410 g/mol. The van der Waals surface area contributed by atoms with Gasteiger partial charge in [-0.3, -0.25) is 19.9 Å². The van der Waals surface area contributed by atoms with E-state index in [1.165, 1.54) is 190 Å². The molecule has 17 aromatic carbocycles. The lowest BCUT2D eigenvalue weighted by Gasteiger charge is -2.30. The molecule has 504 valence electrons. The summed E-state index contributed by atoms with van der Waals surface area (Å²) in [7, 11) is 0. The second-order valence-electron chi connectivity index (χ2n) is 29.2. The molecule has 21 aromatic rings. The maximum absolute atomic E-state index is 4.77. The maximum atomic E-state index is 4.77. The van der Waals surface area contributed by atoms with Gasteiger partial charge in [0.2, 0.25) is 0 Å². The third kappa shape index (κ3) is 9.53. The van der Waals surface area contributed by atoms with E-state index in [-0.39, 0.29) is 5.41 Å². The van der Waals surface area contributed by atoms with E-state index in [0.717, 1.165) is 43.6 Å². The Morgan fingerprint density at radius 2 is 0.509 bits per heavy atom. The van der Waals surface area contributed by atoms with Crippen molar-refractivity contribution in [2.24, 2.45) is 0 Å². The van der Waals surface area contributed by atoms with Crippen molar-refractivity contribution in [3.05, 3.63) is 373 Å². The molecule has 4 nitrogen and oxygen atoms in total. The standard InChI is InChI=1S/C59H34N2S.C43H30N2S/c1-2-16-46-41(12-1)48-31-37(21-25-47(48)58-57(46)60-28-29-61-58)35-10-9-11-36(30-35)38-22-26-55-49(32-38)50-33-39(23-27-56(50)62-55)40-20-24-45-44-15-5-8-19-53(44)59(54(45)34-40)51-17-6-3-13-42(51)43-14-4-7-18-52(43)59;1-25-19-26(2)41(27(3)20-25)32-13-16-40-38(24-32)37-23-31(12-15-39(37)46-40)29-8-6-7-28(21-29)30-11-14-35-36(22-30)33-9-4-5-10-34(33)42-43(35)45-18-17-44-42/h1-34H;4-24H,1-3H3. The van der Waals surface area contributed by atoms with Crippen molar-refractivity contribution in [2.75, 3.05) is 0 Å². The number of benzene rings is 17. The Hall–Kier alpha value is -13.1. The van der Waals surface area contributed by atoms with Crippen molar-refractivity contribution < 1.29 is 0 Å². The summed E-state index contributed by atoms with van der Waals surface area (Å²) in [6, 6.07) is 115. The Morgan fingerprint density at radius 1 is 0.213 bits per heavy atom. The highest BCUT2D eigenvalue weighted by atomic mass is 32.1. The molecule has 1 spiro atoms. The lowest BCUT2D eigenvalue weighted by molar-refractivity contribution is 0.794. The number of aromatic nitrogens is 4. The van der Waals surface area contributed by atoms with Crippen LogP contribution in [0, 0.1) is 20.8 Å². The van der Waals surface area contributed by atoms with E-state index in [1.54, 1.807) is 24.8 Å². The highest BCUT2D eigenvalue weighted by Crippen LogP contribution is 2.63. The van der Waals surface area contributed by atoms with Crippen LogP contribution in [-0.2, 0) is 5.41 Å². The molecule has 0 unspecified atom stereocenters. The fraction of sp³-hybridized carbons (Fsp3) is 0.0392. The first kappa shape index (κ1) is 62.3. The zero-order valence-corrected chi connectivity index (χ0v) is 61.0. The molecule has 23 rings (SSSR count). The van der Waals surface area contributed by atoms with Gasteiger partial charge in [0.05, 0.1) is 27.5 Å². The minimum atomic E-state index is -0.360. The second-order valence-corrected chi connectivity index (χ2v) is 31.4. The maximum Gasteiger partial charge on any atom is 0.0971 e. The number of hydrogen-bond donors (Lipinski definition) is 0. The van der Waals surface area contributed by atoms with Gasteiger partial charge in [-0.2, -0.15) is 0 Å². The van der Waals surface area contributed by atoms with Crippen molar-refractivity contribution in [1.82, 2.24) is 19.9 Å². The van der Waals surface area contributed by atoms with E-state index in [0.29, 0.717) is 0 Å². The van der Waals surface area contributed by atoms with E-state index < -0.39 is 0 Å². The third-order valence-corrected chi connectivity index (χ3v) is 25.5. The number of hydrogen-bond acceptors (Lipinski definition) is 6. The molecule has 0 atom stereocenters. The molecule has 0 bridgehead atoms. The van der Waals surface area contributed by atoms with Crippen LogP contribution in [-0.4, -0.2) is 19.9 Å². The fourth-order valence-electron chi connectivity index (χ4n) is 18.5. The summed E-state index contributed by atoms with van der Waals surface area (Å²) in [5.74, 6) is 0. The Kier molecular flexibility index (Phi) is 14.0. The van der Waals surface area contributed by atoms with E-state index in [4.69, 9.17) is 19.9 Å². The summed E-state index contributed by atoms with van der Waals surface area (Å²) in [5, 5.41) is 14.5. The van der Waals surface area contributed by atoms with Gasteiger partial charge in [0.15, 0.2) is 0 Å². The lowest BCUT2D eigenvalue weighted by Crippen LogP contribution is -2.25. The van der Waals surface area contributed by atoms with Crippen LogP contribution in [0.25, 0.3) is 195 Å². The molecule has 0 saturated heterocycles. The van der Waals surface area contributed by atoms with Crippen LogP contribution in [0.1, 0.15) is 38.9 Å². The first-order valence-corrected chi connectivity index (χ1v) is 38.6. The zero-order valence-electron chi connectivity index (χ0n) is 59.4. The molecule has 2 aliphatic rings. The minimum Gasteiger partial charge on any atom is -0.252 e. The van der Waals surface area contributed by atoms with Gasteiger partial charge < -0.3 is 0 Å². The topological polar surface area (TPSA) is 51.6 Å². The van der Waals surface area contributed by atoms with Crippen LogP contribution in [0.2, 0.25) is 0 Å². The number of nitrogens with zero attached hydrogens (tertiary/aromatic N) is 4. The summed E-state index contributed by atoms with van der Waals surface area (Å²) in [6.45, 7) is 6.63. The highest BCUT2D eigenvalue weighted by molar-refractivity contribution is 7.26. The van der Waals surface area contributed by atoms with Gasteiger partial charge in [0.1, 0.15) is 0 Å². The quantitative estimate of drug-likeness (QED) is 0.156. The van der Waals surface area contributed by atoms with Gasteiger partial charge in [0.25, 0.3) is 0 Å². The van der Waals surface area contributed by atoms with E-state index in [9.17, 15) is 0 Å². The van der Waals surface area contributed by atoms with E-state index in [2.05, 4.69) is 330 Å². The van der Waals surface area contributed by atoms with Crippen LogP contribution in [0.15, 0.2) is 334 Å². The first-order valence-electron chi connectivity index (χ1n) is 37.0. The summed E-state index contributed by atoms with van der Waals surface area (Å²) in [5.41, 5.74) is 33.0. The van der Waals surface area contributed by atoms with Crippen molar-refractivity contribution >= 4 is 128 Å². The molecule has 4 aromatic heterocycles. The summed E-state index contributed by atoms with van der Waals surface area (Å²) in [6.07, 6.45) is 7.14. The lowest BCUT2D eigenvalue weighted by atomic mass is 9.70.